The molecule has 0 saturated heterocycles. The monoisotopic (exact) mass is 438 g/mol. The Balaban J connectivity index is 2.59. The summed E-state index contributed by atoms with van der Waals surface area (Å²) in [5.41, 5.74) is 7.18. The van der Waals surface area contributed by atoms with E-state index in [9.17, 15) is 0 Å². The Labute approximate surface area is 197 Å². The maximum atomic E-state index is 6.19. The van der Waals surface area contributed by atoms with Gasteiger partial charge >= 0.3 is 0 Å². The second-order valence-corrected chi connectivity index (χ2v) is 13.5. The van der Waals surface area contributed by atoms with Crippen molar-refractivity contribution in [3.8, 4) is 11.5 Å². The number of hydrogen-bond acceptors (Lipinski definition) is 2. The number of rotatable bonds is 3. The van der Waals surface area contributed by atoms with Crippen LogP contribution >= 0.6 is 0 Å². The molecule has 0 heterocycles. The quantitative estimate of drug-likeness (QED) is 0.352. The fourth-order valence-corrected chi connectivity index (χ4v) is 3.83. The lowest BCUT2D eigenvalue weighted by atomic mass is 9.79. The van der Waals surface area contributed by atoms with Crippen LogP contribution in [0.15, 0.2) is 24.3 Å². The summed E-state index contributed by atoms with van der Waals surface area (Å²) >= 11 is 0. The van der Waals surface area contributed by atoms with E-state index in [1.165, 1.54) is 22.3 Å². The predicted octanol–water partition coefficient (Wildman–Crippen LogP) is 8.87. The fraction of sp³-hybridized carbons (Fsp3) is 0.600. The first-order valence-corrected chi connectivity index (χ1v) is 11.9. The molecule has 178 valence electrons. The molecule has 2 aromatic rings. The summed E-state index contributed by atoms with van der Waals surface area (Å²) in [4.78, 5) is 12.4. The minimum Gasteiger partial charge on any atom is -0.289 e. The molecule has 2 heteroatoms. The molecule has 0 N–H and O–H groups in total. The third-order valence-corrected chi connectivity index (χ3v) is 6.11. The summed E-state index contributed by atoms with van der Waals surface area (Å²) in [6.45, 7) is 31.1. The van der Waals surface area contributed by atoms with E-state index in [0.29, 0.717) is 0 Å². The molecule has 0 aliphatic heterocycles. The van der Waals surface area contributed by atoms with Gasteiger partial charge in [-0.1, -0.05) is 107 Å². The first-order chi connectivity index (χ1) is 14.2. The lowest BCUT2D eigenvalue weighted by Crippen LogP contribution is -2.21. The maximum Gasteiger partial charge on any atom is 0.185 e. The van der Waals surface area contributed by atoms with E-state index in [0.717, 1.165) is 22.6 Å². The number of aryl methyl sites for hydroxylation is 2. The Morgan fingerprint density at radius 3 is 0.938 bits per heavy atom. The Kier molecular flexibility index (Phi) is 6.93. The van der Waals surface area contributed by atoms with Gasteiger partial charge in [0.1, 0.15) is 0 Å². The maximum absolute atomic E-state index is 6.19. The van der Waals surface area contributed by atoms with Crippen LogP contribution in [0.25, 0.3) is 0 Å². The zero-order valence-corrected chi connectivity index (χ0v) is 23.1. The Morgan fingerprint density at radius 2 is 0.719 bits per heavy atom. The van der Waals surface area contributed by atoms with E-state index in [1.807, 2.05) is 0 Å². The average Bonchev–Trinajstić information content (AvgIpc) is 2.57. The zero-order chi connectivity index (χ0) is 24.9. The van der Waals surface area contributed by atoms with Crippen molar-refractivity contribution in [1.29, 1.82) is 0 Å². The molecule has 2 nitrogen and oxygen atoms in total. The Morgan fingerprint density at radius 1 is 0.438 bits per heavy atom. The topological polar surface area (TPSA) is 18.5 Å². The van der Waals surface area contributed by atoms with Gasteiger partial charge in [-0.15, -0.1) is 0 Å². The minimum atomic E-state index is -0.0668. The molecular weight excluding hydrogens is 392 g/mol. The summed E-state index contributed by atoms with van der Waals surface area (Å²) in [5, 5.41) is 0. The first kappa shape index (κ1) is 26.3. The van der Waals surface area contributed by atoms with Crippen LogP contribution in [-0.4, -0.2) is 0 Å². The van der Waals surface area contributed by atoms with E-state index in [4.69, 9.17) is 9.78 Å². The number of benzene rings is 2. The van der Waals surface area contributed by atoms with Gasteiger partial charge in [0.2, 0.25) is 0 Å². The van der Waals surface area contributed by atoms with Crippen molar-refractivity contribution in [3.05, 3.63) is 57.6 Å². The first-order valence-electron chi connectivity index (χ1n) is 11.9. The summed E-state index contributed by atoms with van der Waals surface area (Å²) in [7, 11) is 0. The lowest BCUT2D eigenvalue weighted by molar-refractivity contribution is -0.104. The second kappa shape index (κ2) is 8.43. The number of hydrogen-bond donors (Lipinski definition) is 0. The molecule has 0 spiro atoms. The van der Waals surface area contributed by atoms with Gasteiger partial charge in [0.25, 0.3) is 0 Å². The van der Waals surface area contributed by atoms with Crippen LogP contribution in [0.3, 0.4) is 0 Å². The Bertz CT molecular complexity index is 887. The highest BCUT2D eigenvalue weighted by atomic mass is 17.2. The van der Waals surface area contributed by atoms with Crippen molar-refractivity contribution in [1.82, 2.24) is 0 Å². The molecule has 2 rings (SSSR count). The molecular formula is C30H46O2. The fourth-order valence-electron chi connectivity index (χ4n) is 3.83. The van der Waals surface area contributed by atoms with Gasteiger partial charge in [-0.05, 0) is 57.8 Å². The summed E-state index contributed by atoms with van der Waals surface area (Å²) in [5.74, 6) is 1.65. The molecule has 0 atom stereocenters. The molecule has 0 amide bonds. The largest absolute Gasteiger partial charge is 0.289 e. The molecule has 32 heavy (non-hydrogen) atoms. The van der Waals surface area contributed by atoms with Gasteiger partial charge in [-0.25, -0.2) is 0 Å². The highest BCUT2D eigenvalue weighted by Crippen LogP contribution is 2.41. The summed E-state index contributed by atoms with van der Waals surface area (Å²) in [6, 6.07) is 9.03. The second-order valence-electron chi connectivity index (χ2n) is 13.5. The molecule has 0 fully saturated rings. The van der Waals surface area contributed by atoms with Crippen LogP contribution in [0, 0.1) is 13.8 Å². The van der Waals surface area contributed by atoms with E-state index >= 15 is 0 Å². The molecule has 0 aromatic heterocycles. The standard InChI is InChI=1S/C30H46O2/c1-19-15-21(27(3,4)5)17-23(29(9,10)11)25(19)31-32-26-20(2)16-22(28(6,7)8)18-24(26)30(12,13)14/h15-18H,1-14H3. The van der Waals surface area contributed by atoms with Gasteiger partial charge in [0.05, 0.1) is 0 Å². The molecule has 2 aromatic carbocycles. The SMILES string of the molecule is Cc1cc(C(C)(C)C)cc(C(C)(C)C)c1OOc1c(C)cc(C(C)(C)C)cc1C(C)(C)C. The van der Waals surface area contributed by atoms with Crippen LogP contribution in [-0.2, 0) is 21.7 Å². The summed E-state index contributed by atoms with van der Waals surface area (Å²) < 4.78 is 0. The van der Waals surface area contributed by atoms with Crippen LogP contribution in [0.1, 0.15) is 116 Å². The van der Waals surface area contributed by atoms with Crippen LogP contribution in [0.4, 0.5) is 0 Å². The van der Waals surface area contributed by atoms with Crippen molar-refractivity contribution < 1.29 is 9.78 Å². The Hall–Kier alpha value is -1.96. The van der Waals surface area contributed by atoms with Gasteiger partial charge in [0, 0.05) is 11.1 Å². The van der Waals surface area contributed by atoms with Gasteiger partial charge in [0.15, 0.2) is 11.5 Å². The average molecular weight is 439 g/mol. The van der Waals surface area contributed by atoms with Crippen molar-refractivity contribution >= 4 is 0 Å². The van der Waals surface area contributed by atoms with Gasteiger partial charge in [-0.2, -0.15) is 0 Å². The lowest BCUT2D eigenvalue weighted by Gasteiger charge is -2.30. The van der Waals surface area contributed by atoms with Crippen molar-refractivity contribution in [2.24, 2.45) is 0 Å². The van der Waals surface area contributed by atoms with E-state index in [1.54, 1.807) is 0 Å². The van der Waals surface area contributed by atoms with E-state index < -0.39 is 0 Å². The van der Waals surface area contributed by atoms with Crippen molar-refractivity contribution in [2.45, 2.75) is 119 Å². The van der Waals surface area contributed by atoms with Gasteiger partial charge in [-0.3, -0.25) is 9.78 Å². The third-order valence-electron chi connectivity index (χ3n) is 6.11. The highest BCUT2D eigenvalue weighted by molar-refractivity contribution is 5.51. The molecule has 0 radical (unpaired) electrons. The van der Waals surface area contributed by atoms with E-state index in [-0.39, 0.29) is 21.7 Å². The highest BCUT2D eigenvalue weighted by Gasteiger charge is 2.28. The van der Waals surface area contributed by atoms with Gasteiger partial charge < -0.3 is 0 Å². The zero-order valence-electron chi connectivity index (χ0n) is 23.1. The van der Waals surface area contributed by atoms with Crippen LogP contribution in [0.2, 0.25) is 0 Å². The minimum absolute atomic E-state index is 0.0668. The molecule has 0 saturated carbocycles. The molecule has 0 bridgehead atoms. The van der Waals surface area contributed by atoms with E-state index in [2.05, 4.69) is 121 Å². The normalized spacial score (nSPS) is 13.3. The van der Waals surface area contributed by atoms with Crippen molar-refractivity contribution in [3.63, 3.8) is 0 Å². The predicted molar refractivity (Wildman–Crippen MR) is 138 cm³/mol. The summed E-state index contributed by atoms with van der Waals surface area (Å²) in [6.07, 6.45) is 0. The molecule has 0 aliphatic rings. The smallest absolute Gasteiger partial charge is 0.185 e. The van der Waals surface area contributed by atoms with Crippen molar-refractivity contribution in [2.75, 3.05) is 0 Å². The molecule has 0 unspecified atom stereocenters. The van der Waals surface area contributed by atoms with Crippen LogP contribution in [0.5, 0.6) is 11.5 Å². The molecule has 0 aliphatic carbocycles. The third kappa shape index (κ3) is 5.88. The van der Waals surface area contributed by atoms with Crippen LogP contribution < -0.4 is 9.78 Å².